The summed E-state index contributed by atoms with van der Waals surface area (Å²) in [4.78, 5) is 12.5. The summed E-state index contributed by atoms with van der Waals surface area (Å²) in [6, 6.07) is 9.14. The Morgan fingerprint density at radius 1 is 1.17 bits per heavy atom. The van der Waals surface area contributed by atoms with Gasteiger partial charge in [0.15, 0.2) is 0 Å². The molecular formula is C14H8Br2FN5O. The minimum Gasteiger partial charge on any atom is -0.321 e. The fourth-order valence-electron chi connectivity index (χ4n) is 1.94. The largest absolute Gasteiger partial charge is 0.321 e. The van der Waals surface area contributed by atoms with Crippen molar-refractivity contribution in [3.8, 4) is 5.69 Å². The van der Waals surface area contributed by atoms with Gasteiger partial charge in [0.1, 0.15) is 12.1 Å². The standard InChI is InChI=1S/C14H8Br2FN5O/c15-8-1-4-12(11(16)5-8)19-14(23)10-3-2-9(17)6-13(10)22-7-18-20-21-22/h1-7H,(H,19,23). The molecule has 1 N–H and O–H groups in total. The van der Waals surface area contributed by atoms with Gasteiger partial charge >= 0.3 is 0 Å². The second-order valence-corrected chi connectivity index (χ2v) is 6.26. The molecule has 0 radical (unpaired) electrons. The third-order valence-corrected chi connectivity index (χ3v) is 4.13. The number of hydrogen-bond acceptors (Lipinski definition) is 4. The van der Waals surface area contributed by atoms with Crippen molar-refractivity contribution >= 4 is 43.5 Å². The predicted molar refractivity (Wildman–Crippen MR) is 88.9 cm³/mol. The molecule has 116 valence electrons. The lowest BCUT2D eigenvalue weighted by Crippen LogP contribution is -2.16. The van der Waals surface area contributed by atoms with Gasteiger partial charge in [0.25, 0.3) is 5.91 Å². The highest BCUT2D eigenvalue weighted by Crippen LogP contribution is 2.27. The smallest absolute Gasteiger partial charge is 0.257 e. The summed E-state index contributed by atoms with van der Waals surface area (Å²) in [5.74, 6) is -0.893. The van der Waals surface area contributed by atoms with Gasteiger partial charge in [0.2, 0.25) is 0 Å². The van der Waals surface area contributed by atoms with Crippen LogP contribution in [0.2, 0.25) is 0 Å². The van der Waals surface area contributed by atoms with E-state index in [1.807, 2.05) is 6.07 Å². The van der Waals surface area contributed by atoms with E-state index in [4.69, 9.17) is 0 Å². The van der Waals surface area contributed by atoms with Crippen LogP contribution in [0.1, 0.15) is 10.4 Å². The zero-order chi connectivity index (χ0) is 16.4. The minimum absolute atomic E-state index is 0.244. The molecule has 0 aliphatic rings. The summed E-state index contributed by atoms with van der Waals surface area (Å²) in [5, 5.41) is 13.5. The molecule has 0 saturated carbocycles. The zero-order valence-corrected chi connectivity index (χ0v) is 14.5. The Bertz CT molecular complexity index is 870. The van der Waals surface area contributed by atoms with Gasteiger partial charge in [-0.3, -0.25) is 4.79 Å². The molecule has 1 heterocycles. The second-order valence-electron chi connectivity index (χ2n) is 4.49. The van der Waals surface area contributed by atoms with E-state index in [0.29, 0.717) is 10.2 Å². The van der Waals surface area contributed by atoms with Crippen LogP contribution in [0.3, 0.4) is 0 Å². The molecule has 0 saturated heterocycles. The van der Waals surface area contributed by atoms with E-state index >= 15 is 0 Å². The van der Waals surface area contributed by atoms with Crippen LogP contribution >= 0.6 is 31.9 Å². The Morgan fingerprint density at radius 3 is 2.70 bits per heavy atom. The molecule has 3 aromatic rings. The number of carbonyl (C=O) groups excluding carboxylic acids is 1. The fraction of sp³-hybridized carbons (Fsp3) is 0. The Hall–Kier alpha value is -2.13. The normalized spacial score (nSPS) is 10.6. The second kappa shape index (κ2) is 6.55. The highest BCUT2D eigenvalue weighted by atomic mass is 79.9. The molecule has 2 aromatic carbocycles. The molecule has 0 aliphatic carbocycles. The molecular weight excluding hydrogens is 433 g/mol. The average molecular weight is 441 g/mol. The number of aromatic nitrogens is 4. The summed E-state index contributed by atoms with van der Waals surface area (Å²) in [5.41, 5.74) is 1.08. The maximum absolute atomic E-state index is 13.5. The number of anilines is 1. The quantitative estimate of drug-likeness (QED) is 0.675. The summed E-state index contributed by atoms with van der Waals surface area (Å²) < 4.78 is 16.3. The van der Waals surface area contributed by atoms with Crippen LogP contribution in [0.5, 0.6) is 0 Å². The molecule has 6 nitrogen and oxygen atoms in total. The van der Waals surface area contributed by atoms with Crippen molar-refractivity contribution in [2.24, 2.45) is 0 Å². The summed E-state index contributed by atoms with van der Waals surface area (Å²) in [6.07, 6.45) is 1.29. The van der Waals surface area contributed by atoms with Crippen molar-refractivity contribution in [2.75, 3.05) is 5.32 Å². The van der Waals surface area contributed by atoms with Crippen LogP contribution in [0.25, 0.3) is 5.69 Å². The van der Waals surface area contributed by atoms with E-state index in [0.717, 1.165) is 4.47 Å². The molecule has 0 spiro atoms. The van der Waals surface area contributed by atoms with E-state index in [2.05, 4.69) is 52.7 Å². The van der Waals surface area contributed by atoms with E-state index in [-0.39, 0.29) is 11.3 Å². The molecule has 1 aromatic heterocycles. The van der Waals surface area contributed by atoms with Gasteiger partial charge in [-0.25, -0.2) is 4.39 Å². The van der Waals surface area contributed by atoms with E-state index in [1.165, 1.54) is 29.2 Å². The van der Waals surface area contributed by atoms with Gasteiger partial charge in [-0.1, -0.05) is 15.9 Å². The number of nitrogens with zero attached hydrogens (tertiary/aromatic N) is 4. The number of benzene rings is 2. The molecule has 1 amide bonds. The molecule has 0 bridgehead atoms. The lowest BCUT2D eigenvalue weighted by Gasteiger charge is -2.11. The minimum atomic E-state index is -0.489. The maximum Gasteiger partial charge on any atom is 0.257 e. The number of rotatable bonds is 3. The molecule has 23 heavy (non-hydrogen) atoms. The lowest BCUT2D eigenvalue weighted by atomic mass is 10.1. The van der Waals surface area contributed by atoms with Gasteiger partial charge in [-0.2, -0.15) is 4.68 Å². The van der Waals surface area contributed by atoms with Gasteiger partial charge in [-0.15, -0.1) is 5.10 Å². The van der Waals surface area contributed by atoms with Crippen molar-refractivity contribution in [1.29, 1.82) is 0 Å². The summed E-state index contributed by atoms with van der Waals surface area (Å²) in [6.45, 7) is 0. The Kier molecular flexibility index (Phi) is 4.49. The van der Waals surface area contributed by atoms with E-state index < -0.39 is 11.7 Å². The Morgan fingerprint density at radius 2 is 2.00 bits per heavy atom. The van der Waals surface area contributed by atoms with Crippen molar-refractivity contribution in [3.05, 3.63) is 63.1 Å². The van der Waals surface area contributed by atoms with Gasteiger partial charge in [0.05, 0.1) is 16.9 Å². The maximum atomic E-state index is 13.5. The monoisotopic (exact) mass is 439 g/mol. The van der Waals surface area contributed by atoms with Crippen LogP contribution in [0.4, 0.5) is 10.1 Å². The SMILES string of the molecule is O=C(Nc1ccc(Br)cc1Br)c1ccc(F)cc1-n1cnnn1. The first-order chi connectivity index (χ1) is 11.0. The number of nitrogens with one attached hydrogen (secondary N) is 1. The number of carbonyl (C=O) groups is 1. The van der Waals surface area contributed by atoms with Gasteiger partial charge in [-0.05, 0) is 56.7 Å². The van der Waals surface area contributed by atoms with Crippen LogP contribution in [0, 0.1) is 5.82 Å². The van der Waals surface area contributed by atoms with Crippen molar-refractivity contribution in [3.63, 3.8) is 0 Å². The molecule has 3 rings (SSSR count). The first-order valence-corrected chi connectivity index (χ1v) is 7.92. The van der Waals surface area contributed by atoms with Gasteiger partial charge < -0.3 is 5.32 Å². The number of amides is 1. The van der Waals surface area contributed by atoms with Crippen LogP contribution in [0.15, 0.2) is 51.7 Å². The third kappa shape index (κ3) is 3.45. The highest BCUT2D eigenvalue weighted by Gasteiger charge is 2.16. The lowest BCUT2D eigenvalue weighted by molar-refractivity contribution is 0.102. The molecule has 0 unspecified atom stereocenters. The topological polar surface area (TPSA) is 72.7 Å². The Balaban J connectivity index is 1.97. The molecule has 0 fully saturated rings. The third-order valence-electron chi connectivity index (χ3n) is 2.98. The Labute approximate surface area is 147 Å². The van der Waals surface area contributed by atoms with Crippen LogP contribution < -0.4 is 5.32 Å². The molecule has 9 heteroatoms. The summed E-state index contributed by atoms with van der Waals surface area (Å²) >= 11 is 6.72. The number of halogens is 3. The van der Waals surface area contributed by atoms with Crippen molar-refractivity contribution in [2.45, 2.75) is 0 Å². The number of hydrogen-bond donors (Lipinski definition) is 1. The molecule has 0 aliphatic heterocycles. The van der Waals surface area contributed by atoms with Crippen LogP contribution in [-0.2, 0) is 0 Å². The zero-order valence-electron chi connectivity index (χ0n) is 11.4. The van der Waals surface area contributed by atoms with E-state index in [9.17, 15) is 9.18 Å². The van der Waals surface area contributed by atoms with Gasteiger partial charge in [0, 0.05) is 15.0 Å². The first kappa shape index (κ1) is 15.8. The van der Waals surface area contributed by atoms with Crippen LogP contribution in [-0.4, -0.2) is 26.1 Å². The van der Waals surface area contributed by atoms with Crippen molar-refractivity contribution < 1.29 is 9.18 Å². The highest BCUT2D eigenvalue weighted by molar-refractivity contribution is 9.11. The average Bonchev–Trinajstić information content (AvgIpc) is 3.04. The molecule has 0 atom stereocenters. The summed E-state index contributed by atoms with van der Waals surface area (Å²) in [7, 11) is 0. The number of tetrazole rings is 1. The van der Waals surface area contributed by atoms with Crippen molar-refractivity contribution in [1.82, 2.24) is 20.2 Å². The predicted octanol–water partition coefficient (Wildman–Crippen LogP) is 3.58. The first-order valence-electron chi connectivity index (χ1n) is 6.34. The van der Waals surface area contributed by atoms with E-state index in [1.54, 1.807) is 12.1 Å². The fourth-order valence-corrected chi connectivity index (χ4v) is 3.08.